The molecule has 2 aromatic carbocycles. The molecule has 2 rings (SSSR count). The molecule has 4 N–H and O–H groups in total. The summed E-state index contributed by atoms with van der Waals surface area (Å²) in [5.74, 6) is -1.15. The average Bonchev–Trinajstić information content (AvgIpc) is 2.46. The van der Waals surface area contributed by atoms with E-state index in [2.05, 4.69) is 4.99 Å². The minimum Gasteiger partial charge on any atom is -0.370 e. The molecule has 0 aliphatic carbocycles. The molecule has 0 unspecified atom stereocenters. The Bertz CT molecular complexity index is 655. The lowest BCUT2D eigenvalue weighted by molar-refractivity contribution is -0.119. The van der Waals surface area contributed by atoms with Gasteiger partial charge in [-0.25, -0.2) is 0 Å². The van der Waals surface area contributed by atoms with Crippen molar-refractivity contribution in [3.05, 3.63) is 70.7 Å². The van der Waals surface area contributed by atoms with Crippen molar-refractivity contribution in [3.8, 4) is 0 Å². The summed E-state index contributed by atoms with van der Waals surface area (Å²) in [6.07, 6.45) is 0.486. The number of benzene rings is 2. The molecule has 0 heterocycles. The Labute approximate surface area is 140 Å². The van der Waals surface area contributed by atoms with Gasteiger partial charge in [0.1, 0.15) is 0 Å². The Balaban J connectivity index is 0.00000242. The van der Waals surface area contributed by atoms with Gasteiger partial charge in [-0.15, -0.1) is 12.4 Å². The third-order valence-corrected chi connectivity index (χ3v) is 3.44. The Morgan fingerprint density at radius 3 is 2.23 bits per heavy atom. The van der Waals surface area contributed by atoms with Crippen molar-refractivity contribution < 1.29 is 4.79 Å². The maximum Gasteiger partial charge on any atom is 0.256 e. The van der Waals surface area contributed by atoms with Gasteiger partial charge < -0.3 is 11.5 Å². The topological polar surface area (TPSA) is 81.5 Å². The minimum absolute atomic E-state index is 0. The second-order valence-electron chi connectivity index (χ2n) is 4.64. The maximum atomic E-state index is 12.3. The SMILES string of the molecule is Cl.NC(N)=NC(=O)[C@H](Cc1ccccc1)c1ccccc1Cl. The molecular weight excluding hydrogens is 321 g/mol. The summed E-state index contributed by atoms with van der Waals surface area (Å²) in [7, 11) is 0. The van der Waals surface area contributed by atoms with Gasteiger partial charge in [0.2, 0.25) is 0 Å². The molecule has 2 aromatic rings. The molecule has 6 heteroatoms. The summed E-state index contributed by atoms with van der Waals surface area (Å²) in [5, 5.41) is 0.526. The number of hydrogen-bond donors (Lipinski definition) is 2. The van der Waals surface area contributed by atoms with Crippen molar-refractivity contribution in [1.82, 2.24) is 0 Å². The Morgan fingerprint density at radius 2 is 1.64 bits per heavy atom. The van der Waals surface area contributed by atoms with Crippen molar-refractivity contribution in [3.63, 3.8) is 0 Å². The van der Waals surface area contributed by atoms with Crippen LogP contribution >= 0.6 is 24.0 Å². The second kappa shape index (κ2) is 8.41. The highest BCUT2D eigenvalue weighted by Crippen LogP contribution is 2.28. The third kappa shape index (κ3) is 4.76. The highest BCUT2D eigenvalue weighted by molar-refractivity contribution is 6.31. The van der Waals surface area contributed by atoms with Gasteiger partial charge in [0.05, 0.1) is 5.92 Å². The number of rotatable bonds is 4. The molecule has 0 saturated heterocycles. The first-order chi connectivity index (χ1) is 10.1. The van der Waals surface area contributed by atoms with E-state index in [1.807, 2.05) is 48.5 Å². The summed E-state index contributed by atoms with van der Waals surface area (Å²) in [6.45, 7) is 0. The summed E-state index contributed by atoms with van der Waals surface area (Å²) in [6, 6.07) is 16.9. The van der Waals surface area contributed by atoms with Crippen molar-refractivity contribution in [2.45, 2.75) is 12.3 Å². The fourth-order valence-electron chi connectivity index (χ4n) is 2.14. The van der Waals surface area contributed by atoms with Crippen LogP contribution < -0.4 is 11.5 Å². The zero-order valence-corrected chi connectivity index (χ0v) is 13.3. The van der Waals surface area contributed by atoms with Crippen LogP contribution in [0.15, 0.2) is 59.6 Å². The van der Waals surface area contributed by atoms with E-state index in [0.29, 0.717) is 11.4 Å². The summed E-state index contributed by atoms with van der Waals surface area (Å²) in [5.41, 5.74) is 12.4. The van der Waals surface area contributed by atoms with Crippen LogP contribution in [0.5, 0.6) is 0 Å². The molecule has 0 aliphatic heterocycles. The van der Waals surface area contributed by atoms with Gasteiger partial charge in [-0.2, -0.15) is 4.99 Å². The Hall–Kier alpha value is -2.04. The van der Waals surface area contributed by atoms with E-state index in [-0.39, 0.29) is 18.4 Å². The summed E-state index contributed by atoms with van der Waals surface area (Å²) >= 11 is 6.20. The van der Waals surface area contributed by atoms with Crippen LogP contribution in [0.25, 0.3) is 0 Å². The van der Waals surface area contributed by atoms with Gasteiger partial charge in [0.15, 0.2) is 5.96 Å². The van der Waals surface area contributed by atoms with E-state index in [9.17, 15) is 4.79 Å². The van der Waals surface area contributed by atoms with Gasteiger partial charge in [-0.3, -0.25) is 4.79 Å². The Morgan fingerprint density at radius 1 is 1.05 bits per heavy atom. The smallest absolute Gasteiger partial charge is 0.256 e. The van der Waals surface area contributed by atoms with Crippen LogP contribution in [-0.4, -0.2) is 11.9 Å². The molecule has 0 aromatic heterocycles. The molecule has 0 radical (unpaired) electrons. The molecule has 4 nitrogen and oxygen atoms in total. The van der Waals surface area contributed by atoms with E-state index in [4.69, 9.17) is 23.1 Å². The fourth-order valence-corrected chi connectivity index (χ4v) is 2.41. The number of nitrogens with two attached hydrogens (primary N) is 2. The van der Waals surface area contributed by atoms with Crippen molar-refractivity contribution in [2.75, 3.05) is 0 Å². The van der Waals surface area contributed by atoms with Gasteiger partial charge in [0.25, 0.3) is 5.91 Å². The predicted octanol–water partition coefficient (Wildman–Crippen LogP) is 2.89. The first-order valence-corrected chi connectivity index (χ1v) is 6.87. The van der Waals surface area contributed by atoms with E-state index in [1.54, 1.807) is 6.07 Å². The predicted molar refractivity (Wildman–Crippen MR) is 92.4 cm³/mol. The van der Waals surface area contributed by atoms with Crippen molar-refractivity contribution >= 4 is 35.9 Å². The lowest BCUT2D eigenvalue weighted by Gasteiger charge is -2.15. The second-order valence-corrected chi connectivity index (χ2v) is 5.05. The van der Waals surface area contributed by atoms with Crippen molar-refractivity contribution in [2.24, 2.45) is 16.5 Å². The normalized spacial score (nSPS) is 11.1. The highest BCUT2D eigenvalue weighted by Gasteiger charge is 2.23. The maximum absolute atomic E-state index is 12.3. The number of guanidine groups is 1. The lowest BCUT2D eigenvalue weighted by Crippen LogP contribution is -2.26. The van der Waals surface area contributed by atoms with Gasteiger partial charge in [0, 0.05) is 5.02 Å². The molecule has 0 saturated carbocycles. The number of amides is 1. The molecule has 116 valence electrons. The summed E-state index contributed by atoms with van der Waals surface area (Å²) < 4.78 is 0. The largest absolute Gasteiger partial charge is 0.370 e. The molecule has 1 atom stereocenters. The van der Waals surface area contributed by atoms with Gasteiger partial charge >= 0.3 is 0 Å². The van der Waals surface area contributed by atoms with E-state index in [1.165, 1.54) is 0 Å². The molecule has 0 bridgehead atoms. The first-order valence-electron chi connectivity index (χ1n) is 6.49. The number of aliphatic imine (C=N–C) groups is 1. The Kier molecular flexibility index (Phi) is 6.89. The number of carbonyl (C=O) groups excluding carboxylic acids is 1. The molecule has 0 fully saturated rings. The highest BCUT2D eigenvalue weighted by atomic mass is 35.5. The zero-order chi connectivity index (χ0) is 15.2. The van der Waals surface area contributed by atoms with E-state index >= 15 is 0 Å². The lowest BCUT2D eigenvalue weighted by atomic mass is 9.91. The number of carbonyl (C=O) groups is 1. The molecule has 0 spiro atoms. The number of hydrogen-bond acceptors (Lipinski definition) is 1. The molecule has 22 heavy (non-hydrogen) atoms. The monoisotopic (exact) mass is 337 g/mol. The van der Waals surface area contributed by atoms with Crippen LogP contribution in [0.3, 0.4) is 0 Å². The van der Waals surface area contributed by atoms with Gasteiger partial charge in [-0.05, 0) is 23.6 Å². The quantitative estimate of drug-likeness (QED) is 0.664. The van der Waals surface area contributed by atoms with Crippen LogP contribution in [-0.2, 0) is 11.2 Å². The van der Waals surface area contributed by atoms with E-state index in [0.717, 1.165) is 11.1 Å². The number of halogens is 2. The van der Waals surface area contributed by atoms with Crippen LogP contribution in [0.4, 0.5) is 0 Å². The van der Waals surface area contributed by atoms with Crippen LogP contribution in [0, 0.1) is 0 Å². The zero-order valence-electron chi connectivity index (χ0n) is 11.8. The van der Waals surface area contributed by atoms with Crippen LogP contribution in [0.1, 0.15) is 17.0 Å². The minimum atomic E-state index is -0.511. The molecule has 1 amide bonds. The van der Waals surface area contributed by atoms with Gasteiger partial charge in [-0.1, -0.05) is 60.1 Å². The summed E-state index contributed by atoms with van der Waals surface area (Å²) in [4.78, 5) is 16.0. The standard InChI is InChI=1S/C16H16ClN3O.ClH/c17-14-9-5-4-8-12(14)13(15(21)20-16(18)19)10-11-6-2-1-3-7-11;/h1-9,13H,10H2,(H4,18,19,20,21);1H/t13-;/m1./s1. The molecular formula is C16H17Cl2N3O. The third-order valence-electron chi connectivity index (χ3n) is 3.10. The van der Waals surface area contributed by atoms with Crippen molar-refractivity contribution in [1.29, 1.82) is 0 Å². The first kappa shape index (κ1) is 18.0. The molecule has 0 aliphatic rings. The number of nitrogens with zero attached hydrogens (tertiary/aromatic N) is 1. The fraction of sp³-hybridized carbons (Fsp3) is 0.125. The van der Waals surface area contributed by atoms with E-state index < -0.39 is 11.8 Å². The average molecular weight is 338 g/mol. The van der Waals surface area contributed by atoms with Crippen LogP contribution in [0.2, 0.25) is 5.02 Å².